The Labute approximate surface area is 109 Å². The molecule has 1 amide bonds. The predicted octanol–water partition coefficient (Wildman–Crippen LogP) is 1.58. The van der Waals surface area contributed by atoms with E-state index in [9.17, 15) is 4.79 Å². The number of benzene rings is 1. The van der Waals surface area contributed by atoms with Crippen LogP contribution >= 0.6 is 0 Å². The molecule has 0 aliphatic rings. The molecule has 0 aliphatic carbocycles. The number of hydrogen-bond donors (Lipinski definition) is 2. The number of primary amides is 1. The summed E-state index contributed by atoms with van der Waals surface area (Å²) in [5, 5.41) is 3.37. The zero-order valence-corrected chi connectivity index (χ0v) is 10.9. The van der Waals surface area contributed by atoms with Crippen LogP contribution in [-0.2, 0) is 22.7 Å². The van der Waals surface area contributed by atoms with E-state index >= 15 is 0 Å². The van der Waals surface area contributed by atoms with Crippen LogP contribution in [0.3, 0.4) is 0 Å². The topological polar surface area (TPSA) is 64.3 Å². The van der Waals surface area contributed by atoms with E-state index in [0.29, 0.717) is 13.0 Å². The maximum atomic E-state index is 10.6. The van der Waals surface area contributed by atoms with E-state index in [1.54, 1.807) is 7.11 Å². The van der Waals surface area contributed by atoms with Gasteiger partial charge in [0.2, 0.25) is 5.91 Å². The fraction of sp³-hybridized carbons (Fsp3) is 0.500. The molecular formula is C14H22N2O2. The third-order valence-electron chi connectivity index (χ3n) is 2.76. The highest BCUT2D eigenvalue weighted by Crippen LogP contribution is 2.09. The van der Waals surface area contributed by atoms with Crippen molar-refractivity contribution in [3.05, 3.63) is 35.4 Å². The van der Waals surface area contributed by atoms with Crippen LogP contribution in [0.25, 0.3) is 0 Å². The number of rotatable bonds is 9. The van der Waals surface area contributed by atoms with Crippen LogP contribution in [0.2, 0.25) is 0 Å². The lowest BCUT2D eigenvalue weighted by molar-refractivity contribution is -0.118. The Morgan fingerprint density at radius 1 is 1.28 bits per heavy atom. The van der Waals surface area contributed by atoms with Gasteiger partial charge in [0.15, 0.2) is 0 Å². The van der Waals surface area contributed by atoms with E-state index in [0.717, 1.165) is 25.9 Å². The van der Waals surface area contributed by atoms with Crippen molar-refractivity contribution in [2.24, 2.45) is 5.73 Å². The number of nitrogens with one attached hydrogen (secondary N) is 1. The van der Waals surface area contributed by atoms with Gasteiger partial charge in [0.05, 0.1) is 6.61 Å². The molecule has 1 aromatic carbocycles. The lowest BCUT2D eigenvalue weighted by Crippen LogP contribution is -2.17. The molecule has 0 saturated heterocycles. The fourth-order valence-electron chi connectivity index (χ4n) is 1.80. The second kappa shape index (κ2) is 8.66. The minimum atomic E-state index is -0.222. The van der Waals surface area contributed by atoms with E-state index in [1.165, 1.54) is 11.1 Å². The first-order valence-electron chi connectivity index (χ1n) is 6.28. The Kier molecular flexibility index (Phi) is 7.06. The van der Waals surface area contributed by atoms with Gasteiger partial charge in [-0.25, -0.2) is 0 Å². The normalized spacial score (nSPS) is 10.5. The smallest absolute Gasteiger partial charge is 0.217 e. The highest BCUT2D eigenvalue weighted by molar-refractivity contribution is 5.73. The van der Waals surface area contributed by atoms with Crippen molar-refractivity contribution in [1.82, 2.24) is 5.32 Å². The van der Waals surface area contributed by atoms with Gasteiger partial charge in [0.1, 0.15) is 0 Å². The van der Waals surface area contributed by atoms with Gasteiger partial charge in [0, 0.05) is 20.1 Å². The second-order valence-corrected chi connectivity index (χ2v) is 4.30. The van der Waals surface area contributed by atoms with Crippen molar-refractivity contribution in [1.29, 1.82) is 0 Å². The van der Waals surface area contributed by atoms with Gasteiger partial charge >= 0.3 is 0 Å². The first-order valence-corrected chi connectivity index (χ1v) is 6.28. The number of amides is 1. The summed E-state index contributed by atoms with van der Waals surface area (Å²) in [4.78, 5) is 10.6. The van der Waals surface area contributed by atoms with Gasteiger partial charge in [-0.1, -0.05) is 24.3 Å². The lowest BCUT2D eigenvalue weighted by Gasteiger charge is -2.09. The van der Waals surface area contributed by atoms with Gasteiger partial charge in [0.25, 0.3) is 0 Å². The summed E-state index contributed by atoms with van der Waals surface area (Å²) in [5.41, 5.74) is 7.55. The summed E-state index contributed by atoms with van der Waals surface area (Å²) < 4.78 is 5.16. The Morgan fingerprint density at radius 2 is 2.00 bits per heavy atom. The summed E-state index contributed by atoms with van der Waals surface area (Å²) in [5.74, 6) is -0.222. The van der Waals surface area contributed by atoms with Crippen LogP contribution in [0.4, 0.5) is 0 Å². The Balaban J connectivity index is 2.24. The SMILES string of the molecule is COCc1ccccc1CNCCCCC(N)=O. The monoisotopic (exact) mass is 250 g/mol. The molecule has 0 radical (unpaired) electrons. The lowest BCUT2D eigenvalue weighted by atomic mass is 10.1. The number of methoxy groups -OCH3 is 1. The molecule has 1 rings (SSSR count). The Bertz CT molecular complexity index is 367. The van der Waals surface area contributed by atoms with Crippen LogP contribution in [0, 0.1) is 0 Å². The molecule has 0 heterocycles. The van der Waals surface area contributed by atoms with Crippen LogP contribution in [0.5, 0.6) is 0 Å². The number of nitrogens with two attached hydrogens (primary N) is 1. The number of carbonyl (C=O) groups excluding carboxylic acids is 1. The molecular weight excluding hydrogens is 228 g/mol. The Morgan fingerprint density at radius 3 is 2.67 bits per heavy atom. The molecule has 0 fully saturated rings. The summed E-state index contributed by atoms with van der Waals surface area (Å²) >= 11 is 0. The van der Waals surface area contributed by atoms with E-state index < -0.39 is 0 Å². The van der Waals surface area contributed by atoms with Crippen LogP contribution < -0.4 is 11.1 Å². The van der Waals surface area contributed by atoms with E-state index in [2.05, 4.69) is 17.4 Å². The molecule has 4 nitrogen and oxygen atoms in total. The first-order chi connectivity index (χ1) is 8.74. The van der Waals surface area contributed by atoms with Crippen molar-refractivity contribution in [3.63, 3.8) is 0 Å². The van der Waals surface area contributed by atoms with Crippen LogP contribution in [0.1, 0.15) is 30.4 Å². The van der Waals surface area contributed by atoms with Gasteiger partial charge in [-0.2, -0.15) is 0 Å². The zero-order chi connectivity index (χ0) is 13.2. The number of carbonyl (C=O) groups is 1. The van der Waals surface area contributed by atoms with Crippen molar-refractivity contribution >= 4 is 5.91 Å². The summed E-state index contributed by atoms with van der Waals surface area (Å²) in [7, 11) is 1.70. The van der Waals surface area contributed by atoms with Crippen molar-refractivity contribution < 1.29 is 9.53 Å². The van der Waals surface area contributed by atoms with Crippen molar-refractivity contribution in [3.8, 4) is 0 Å². The van der Waals surface area contributed by atoms with Gasteiger partial charge < -0.3 is 15.8 Å². The Hall–Kier alpha value is -1.39. The molecule has 100 valence electrons. The quantitative estimate of drug-likeness (QED) is 0.654. The third kappa shape index (κ3) is 5.80. The van der Waals surface area contributed by atoms with E-state index in [-0.39, 0.29) is 5.91 Å². The fourth-order valence-corrected chi connectivity index (χ4v) is 1.80. The molecule has 0 aromatic heterocycles. The number of unbranched alkanes of at least 4 members (excludes halogenated alkanes) is 1. The second-order valence-electron chi connectivity index (χ2n) is 4.30. The van der Waals surface area contributed by atoms with E-state index in [1.807, 2.05) is 12.1 Å². The summed E-state index contributed by atoms with van der Waals surface area (Å²) in [6, 6.07) is 8.23. The molecule has 4 heteroatoms. The third-order valence-corrected chi connectivity index (χ3v) is 2.76. The number of hydrogen-bond acceptors (Lipinski definition) is 3. The molecule has 0 spiro atoms. The van der Waals surface area contributed by atoms with Crippen LogP contribution in [-0.4, -0.2) is 19.6 Å². The highest BCUT2D eigenvalue weighted by Gasteiger charge is 2.00. The van der Waals surface area contributed by atoms with Crippen molar-refractivity contribution in [2.45, 2.75) is 32.4 Å². The molecule has 0 bridgehead atoms. The van der Waals surface area contributed by atoms with Crippen molar-refractivity contribution in [2.75, 3.05) is 13.7 Å². The predicted molar refractivity (Wildman–Crippen MR) is 71.9 cm³/mol. The maximum Gasteiger partial charge on any atom is 0.217 e. The molecule has 0 saturated carbocycles. The molecule has 1 aromatic rings. The zero-order valence-electron chi connectivity index (χ0n) is 10.9. The highest BCUT2D eigenvalue weighted by atomic mass is 16.5. The van der Waals surface area contributed by atoms with Gasteiger partial charge in [-0.05, 0) is 30.5 Å². The number of ether oxygens (including phenoxy) is 1. The maximum absolute atomic E-state index is 10.6. The minimum Gasteiger partial charge on any atom is -0.380 e. The standard InChI is InChI=1S/C14H22N2O2/c1-18-11-13-7-3-2-6-12(13)10-16-9-5-4-8-14(15)17/h2-3,6-7,16H,4-5,8-11H2,1H3,(H2,15,17). The summed E-state index contributed by atoms with van der Waals surface area (Å²) in [6.07, 6.45) is 2.29. The average molecular weight is 250 g/mol. The summed E-state index contributed by atoms with van der Waals surface area (Å²) in [6.45, 7) is 2.37. The molecule has 0 atom stereocenters. The molecule has 0 aliphatic heterocycles. The van der Waals surface area contributed by atoms with Gasteiger partial charge in [-0.15, -0.1) is 0 Å². The molecule has 0 unspecified atom stereocenters. The minimum absolute atomic E-state index is 0.222. The molecule has 3 N–H and O–H groups in total. The first kappa shape index (κ1) is 14.7. The van der Waals surface area contributed by atoms with Crippen LogP contribution in [0.15, 0.2) is 24.3 Å². The molecule has 18 heavy (non-hydrogen) atoms. The van der Waals surface area contributed by atoms with Gasteiger partial charge in [-0.3, -0.25) is 4.79 Å². The van der Waals surface area contributed by atoms with E-state index in [4.69, 9.17) is 10.5 Å². The average Bonchev–Trinajstić information content (AvgIpc) is 2.35. The largest absolute Gasteiger partial charge is 0.380 e.